The number of nitrogens with zero attached hydrogens (tertiary/aromatic N) is 3. The molecule has 4 nitrogen and oxygen atoms in total. The Morgan fingerprint density at radius 3 is 2.76 bits per heavy atom. The van der Waals surface area contributed by atoms with Crippen LogP contribution in [0.1, 0.15) is 12.6 Å². The number of hydrogen-bond acceptors (Lipinski definition) is 4. The van der Waals surface area contributed by atoms with Crippen LogP contribution in [0.4, 0.5) is 5.95 Å². The van der Waals surface area contributed by atoms with Crippen molar-refractivity contribution in [2.45, 2.75) is 19.9 Å². The Kier molecular flexibility index (Phi) is 7.32. The predicted molar refractivity (Wildman–Crippen MR) is 78.6 cm³/mol. The van der Waals surface area contributed by atoms with Gasteiger partial charge in [-0.25, -0.2) is 9.97 Å². The van der Waals surface area contributed by atoms with Gasteiger partial charge in [0.2, 0.25) is 5.95 Å². The highest BCUT2D eigenvalue weighted by Crippen LogP contribution is 2.18. The first kappa shape index (κ1) is 16.9. The van der Waals surface area contributed by atoms with Crippen molar-refractivity contribution in [1.82, 2.24) is 15.3 Å². The first-order valence-electron chi connectivity index (χ1n) is 5.15. The molecular formula is C10H17BrCl2N4. The standard InChI is InChI=1S/C10H15BrN4.2ClH/c1-7-5-12-3-4-15(7)10-13-6-9(11)8(2)14-10;;/h6-7,12H,3-5H2,1-2H3;2*1H/t7-;;/m1../s1. The second-order valence-corrected chi connectivity index (χ2v) is 4.70. The second-order valence-electron chi connectivity index (χ2n) is 3.85. The zero-order valence-corrected chi connectivity index (χ0v) is 13.0. The molecule has 0 amide bonds. The maximum atomic E-state index is 4.49. The lowest BCUT2D eigenvalue weighted by Gasteiger charge is -2.34. The minimum Gasteiger partial charge on any atom is -0.336 e. The van der Waals surface area contributed by atoms with Crippen LogP contribution in [0.5, 0.6) is 0 Å². The monoisotopic (exact) mass is 342 g/mol. The largest absolute Gasteiger partial charge is 0.336 e. The van der Waals surface area contributed by atoms with Gasteiger partial charge >= 0.3 is 0 Å². The Labute approximate surface area is 123 Å². The zero-order valence-electron chi connectivity index (χ0n) is 9.81. The number of piperazine rings is 1. The van der Waals surface area contributed by atoms with E-state index in [1.807, 2.05) is 13.1 Å². The minimum absolute atomic E-state index is 0. The van der Waals surface area contributed by atoms with E-state index in [0.29, 0.717) is 6.04 Å². The summed E-state index contributed by atoms with van der Waals surface area (Å²) in [6.45, 7) is 7.15. The molecule has 1 aliphatic heterocycles. The van der Waals surface area contributed by atoms with Gasteiger partial charge < -0.3 is 10.2 Å². The van der Waals surface area contributed by atoms with Gasteiger partial charge in [0.25, 0.3) is 0 Å². The van der Waals surface area contributed by atoms with E-state index in [-0.39, 0.29) is 24.8 Å². The number of anilines is 1. The molecule has 0 spiro atoms. The van der Waals surface area contributed by atoms with Crippen LogP contribution in [-0.2, 0) is 0 Å². The summed E-state index contributed by atoms with van der Waals surface area (Å²) in [5.41, 5.74) is 0.991. The Balaban J connectivity index is 0.00000128. The van der Waals surface area contributed by atoms with Crippen molar-refractivity contribution in [3.8, 4) is 0 Å². The molecule has 2 heterocycles. The molecule has 1 N–H and O–H groups in total. The van der Waals surface area contributed by atoms with Gasteiger partial charge in [-0.05, 0) is 29.8 Å². The van der Waals surface area contributed by atoms with Gasteiger partial charge in [0, 0.05) is 31.9 Å². The van der Waals surface area contributed by atoms with E-state index in [1.54, 1.807) is 0 Å². The molecule has 1 aliphatic rings. The third-order valence-corrected chi connectivity index (χ3v) is 3.44. The summed E-state index contributed by atoms with van der Waals surface area (Å²) in [6.07, 6.45) is 1.83. The Morgan fingerprint density at radius 1 is 1.47 bits per heavy atom. The number of rotatable bonds is 1. The molecule has 98 valence electrons. The van der Waals surface area contributed by atoms with Crippen LogP contribution in [0.3, 0.4) is 0 Å². The number of halogens is 3. The first-order chi connectivity index (χ1) is 7.18. The van der Waals surface area contributed by atoms with Crippen LogP contribution in [-0.4, -0.2) is 35.6 Å². The van der Waals surface area contributed by atoms with Crippen molar-refractivity contribution in [2.24, 2.45) is 0 Å². The molecule has 1 saturated heterocycles. The molecule has 1 fully saturated rings. The smallest absolute Gasteiger partial charge is 0.225 e. The van der Waals surface area contributed by atoms with Gasteiger partial charge in [-0.2, -0.15) is 0 Å². The van der Waals surface area contributed by atoms with Gasteiger partial charge in [-0.1, -0.05) is 0 Å². The SMILES string of the molecule is Cc1nc(N2CCNC[C@H]2C)ncc1Br.Cl.Cl. The maximum Gasteiger partial charge on any atom is 0.225 e. The number of aromatic nitrogens is 2. The summed E-state index contributed by atoms with van der Waals surface area (Å²) in [5.74, 6) is 0.838. The fraction of sp³-hybridized carbons (Fsp3) is 0.600. The first-order valence-corrected chi connectivity index (χ1v) is 5.94. The van der Waals surface area contributed by atoms with E-state index in [1.165, 1.54) is 0 Å². The molecule has 0 unspecified atom stereocenters. The third-order valence-electron chi connectivity index (χ3n) is 2.66. The molecule has 1 atom stereocenters. The lowest BCUT2D eigenvalue weighted by molar-refractivity contribution is 0.492. The van der Waals surface area contributed by atoms with E-state index in [9.17, 15) is 0 Å². The fourth-order valence-corrected chi connectivity index (χ4v) is 1.91. The van der Waals surface area contributed by atoms with Gasteiger partial charge in [-0.15, -0.1) is 24.8 Å². The van der Waals surface area contributed by atoms with Crippen molar-refractivity contribution in [1.29, 1.82) is 0 Å². The molecular weight excluding hydrogens is 327 g/mol. The highest BCUT2D eigenvalue weighted by Gasteiger charge is 2.20. The molecule has 0 aliphatic carbocycles. The molecule has 0 aromatic carbocycles. The van der Waals surface area contributed by atoms with E-state index in [0.717, 1.165) is 35.7 Å². The number of nitrogens with one attached hydrogen (secondary N) is 1. The highest BCUT2D eigenvalue weighted by atomic mass is 79.9. The molecule has 0 radical (unpaired) electrons. The van der Waals surface area contributed by atoms with Gasteiger partial charge in [0.15, 0.2) is 0 Å². The molecule has 2 rings (SSSR count). The normalized spacial score (nSPS) is 19.2. The summed E-state index contributed by atoms with van der Waals surface area (Å²) in [5, 5.41) is 3.35. The van der Waals surface area contributed by atoms with Crippen LogP contribution in [0.15, 0.2) is 10.7 Å². The van der Waals surface area contributed by atoms with E-state index in [2.05, 4.69) is 43.0 Å². The number of aryl methyl sites for hydroxylation is 1. The fourth-order valence-electron chi connectivity index (χ4n) is 1.72. The Bertz CT molecular complexity index is 364. The van der Waals surface area contributed by atoms with Crippen LogP contribution >= 0.6 is 40.7 Å². The van der Waals surface area contributed by atoms with Crippen LogP contribution < -0.4 is 10.2 Å². The van der Waals surface area contributed by atoms with Crippen LogP contribution in [0.25, 0.3) is 0 Å². The Hall–Kier alpha value is -0.100. The van der Waals surface area contributed by atoms with Crippen molar-refractivity contribution in [2.75, 3.05) is 24.5 Å². The average Bonchev–Trinajstić information content (AvgIpc) is 2.23. The quantitative estimate of drug-likeness (QED) is 0.848. The molecule has 0 bridgehead atoms. The Morgan fingerprint density at radius 2 is 2.18 bits per heavy atom. The summed E-state index contributed by atoms with van der Waals surface area (Å²) in [6, 6.07) is 0.458. The lowest BCUT2D eigenvalue weighted by Crippen LogP contribution is -2.50. The van der Waals surface area contributed by atoms with Crippen molar-refractivity contribution in [3.05, 3.63) is 16.4 Å². The van der Waals surface area contributed by atoms with Crippen molar-refractivity contribution >= 4 is 46.7 Å². The summed E-state index contributed by atoms with van der Waals surface area (Å²) in [7, 11) is 0. The van der Waals surface area contributed by atoms with Crippen molar-refractivity contribution in [3.63, 3.8) is 0 Å². The summed E-state index contributed by atoms with van der Waals surface area (Å²) >= 11 is 3.41. The van der Waals surface area contributed by atoms with E-state index < -0.39 is 0 Å². The zero-order chi connectivity index (χ0) is 10.8. The highest BCUT2D eigenvalue weighted by molar-refractivity contribution is 9.10. The van der Waals surface area contributed by atoms with Crippen LogP contribution in [0.2, 0.25) is 0 Å². The average molecular weight is 344 g/mol. The molecule has 1 aromatic heterocycles. The van der Waals surface area contributed by atoms with E-state index in [4.69, 9.17) is 0 Å². The second kappa shape index (κ2) is 7.36. The van der Waals surface area contributed by atoms with Gasteiger partial charge in [-0.3, -0.25) is 0 Å². The third kappa shape index (κ3) is 3.95. The number of hydrogen-bond donors (Lipinski definition) is 1. The van der Waals surface area contributed by atoms with Crippen molar-refractivity contribution < 1.29 is 0 Å². The van der Waals surface area contributed by atoms with Gasteiger partial charge in [0.1, 0.15) is 0 Å². The molecule has 17 heavy (non-hydrogen) atoms. The summed E-state index contributed by atoms with van der Waals surface area (Å²) in [4.78, 5) is 11.1. The maximum absolute atomic E-state index is 4.49. The van der Waals surface area contributed by atoms with Gasteiger partial charge in [0.05, 0.1) is 10.2 Å². The van der Waals surface area contributed by atoms with Crippen LogP contribution in [0, 0.1) is 6.92 Å². The topological polar surface area (TPSA) is 41.1 Å². The molecule has 1 aromatic rings. The lowest BCUT2D eigenvalue weighted by atomic mass is 10.2. The van der Waals surface area contributed by atoms with E-state index >= 15 is 0 Å². The minimum atomic E-state index is 0. The molecule has 0 saturated carbocycles. The summed E-state index contributed by atoms with van der Waals surface area (Å²) < 4.78 is 0.967. The predicted octanol–water partition coefficient (Wildman–Crippen LogP) is 2.19. The molecule has 7 heteroatoms.